The van der Waals surface area contributed by atoms with Crippen molar-refractivity contribution in [1.29, 1.82) is 0 Å². The maximum Gasteiger partial charge on any atom is 0.300 e. The smallest absolute Gasteiger partial charge is 0.300 e. The minimum absolute atomic E-state index is 0.106. The molecule has 1 amide bonds. The van der Waals surface area contributed by atoms with Crippen LogP contribution in [0.5, 0.6) is 5.75 Å². The highest BCUT2D eigenvalue weighted by atomic mass is 35.5. The number of ether oxygens (including phenoxy) is 1. The lowest BCUT2D eigenvalue weighted by molar-refractivity contribution is -0.132. The van der Waals surface area contributed by atoms with Crippen molar-refractivity contribution in [2.45, 2.75) is 19.9 Å². The van der Waals surface area contributed by atoms with Crippen LogP contribution >= 0.6 is 23.2 Å². The fraction of sp³-hybridized carbons (Fsp3) is 0.160. The molecule has 1 N–H and O–H groups in total. The van der Waals surface area contributed by atoms with Gasteiger partial charge in [0.25, 0.3) is 11.7 Å². The first-order chi connectivity index (χ1) is 15.7. The lowest BCUT2D eigenvalue weighted by Gasteiger charge is -2.27. The van der Waals surface area contributed by atoms with Crippen LogP contribution in [0, 0.1) is 13.8 Å². The lowest BCUT2D eigenvalue weighted by atomic mass is 9.95. The number of nitrogens with zero attached hydrogens (tertiary/aromatic N) is 2. The van der Waals surface area contributed by atoms with Gasteiger partial charge in [0, 0.05) is 23.1 Å². The highest BCUT2D eigenvalue weighted by molar-refractivity contribution is 6.52. The zero-order chi connectivity index (χ0) is 23.9. The summed E-state index contributed by atoms with van der Waals surface area (Å²) in [5.41, 5.74) is 2.87. The normalized spacial score (nSPS) is 17.5. The van der Waals surface area contributed by atoms with E-state index in [1.807, 2.05) is 32.0 Å². The first kappa shape index (κ1) is 22.8. The van der Waals surface area contributed by atoms with Gasteiger partial charge in [0.2, 0.25) is 0 Å². The second-order valence-corrected chi connectivity index (χ2v) is 8.56. The number of halogens is 2. The molecule has 4 rings (SSSR count). The van der Waals surface area contributed by atoms with E-state index >= 15 is 0 Å². The Balaban J connectivity index is 2.03. The van der Waals surface area contributed by atoms with Gasteiger partial charge in [-0.05, 0) is 54.8 Å². The number of anilines is 1. The third-order valence-electron chi connectivity index (χ3n) is 5.54. The fourth-order valence-electron chi connectivity index (χ4n) is 4.00. The number of methoxy groups -OCH3 is 1. The van der Waals surface area contributed by atoms with Crippen LogP contribution < -0.4 is 9.64 Å². The molecule has 6 nitrogen and oxygen atoms in total. The van der Waals surface area contributed by atoms with Gasteiger partial charge >= 0.3 is 0 Å². The maximum absolute atomic E-state index is 13.3. The molecule has 33 heavy (non-hydrogen) atoms. The second-order valence-electron chi connectivity index (χ2n) is 7.71. The Hall–Kier alpha value is -3.35. The van der Waals surface area contributed by atoms with Crippen molar-refractivity contribution >= 4 is 46.3 Å². The van der Waals surface area contributed by atoms with Gasteiger partial charge in [-0.1, -0.05) is 41.4 Å². The first-order valence-electron chi connectivity index (χ1n) is 10.1. The molecule has 0 bridgehead atoms. The molecule has 0 aliphatic carbocycles. The van der Waals surface area contributed by atoms with Crippen LogP contribution in [0.4, 0.5) is 5.69 Å². The van der Waals surface area contributed by atoms with E-state index in [-0.39, 0.29) is 26.9 Å². The average Bonchev–Trinajstić information content (AvgIpc) is 3.05. The average molecular weight is 483 g/mol. The van der Waals surface area contributed by atoms with Gasteiger partial charge in [-0.25, -0.2) is 0 Å². The fourth-order valence-corrected chi connectivity index (χ4v) is 4.57. The zero-order valence-electron chi connectivity index (χ0n) is 18.1. The SMILES string of the molecule is COc1c(Cl)cc(Cl)cc1/C(O)=C1\C(=O)C(=O)N(c2cc(C)ccc2C)C1c1cccnc1. The van der Waals surface area contributed by atoms with Crippen LogP contribution in [0.3, 0.4) is 0 Å². The first-order valence-corrected chi connectivity index (χ1v) is 10.8. The number of hydrogen-bond donors (Lipinski definition) is 1. The molecule has 8 heteroatoms. The highest BCUT2D eigenvalue weighted by Crippen LogP contribution is 2.45. The zero-order valence-corrected chi connectivity index (χ0v) is 19.6. The molecule has 168 valence electrons. The van der Waals surface area contributed by atoms with E-state index < -0.39 is 23.5 Å². The van der Waals surface area contributed by atoms with Crippen molar-refractivity contribution in [3.8, 4) is 5.75 Å². The Labute approximate surface area is 201 Å². The number of rotatable bonds is 4. The van der Waals surface area contributed by atoms with Crippen molar-refractivity contribution in [2.24, 2.45) is 0 Å². The predicted octanol–water partition coefficient (Wildman–Crippen LogP) is 5.64. The summed E-state index contributed by atoms with van der Waals surface area (Å²) in [7, 11) is 1.39. The van der Waals surface area contributed by atoms with Crippen LogP contribution in [0.1, 0.15) is 28.3 Å². The number of Topliss-reactive ketones (excluding diaryl/α,β-unsaturated/α-hetero) is 1. The van der Waals surface area contributed by atoms with E-state index in [9.17, 15) is 14.7 Å². The van der Waals surface area contributed by atoms with Crippen molar-refractivity contribution in [3.63, 3.8) is 0 Å². The summed E-state index contributed by atoms with van der Waals surface area (Å²) in [5.74, 6) is -1.88. The summed E-state index contributed by atoms with van der Waals surface area (Å²) >= 11 is 12.4. The molecule has 1 unspecified atom stereocenters. The van der Waals surface area contributed by atoms with Crippen molar-refractivity contribution in [3.05, 3.63) is 92.7 Å². The highest BCUT2D eigenvalue weighted by Gasteiger charge is 2.47. The van der Waals surface area contributed by atoms with Gasteiger partial charge in [0.1, 0.15) is 11.5 Å². The molecular weight excluding hydrogens is 463 g/mol. The quantitative estimate of drug-likeness (QED) is 0.295. The van der Waals surface area contributed by atoms with E-state index in [1.165, 1.54) is 24.1 Å². The van der Waals surface area contributed by atoms with E-state index in [0.29, 0.717) is 11.3 Å². The minimum atomic E-state index is -0.915. The van der Waals surface area contributed by atoms with Gasteiger partial charge < -0.3 is 9.84 Å². The van der Waals surface area contributed by atoms with E-state index in [4.69, 9.17) is 27.9 Å². The van der Waals surface area contributed by atoms with E-state index in [2.05, 4.69) is 4.98 Å². The Morgan fingerprint density at radius 2 is 1.88 bits per heavy atom. The van der Waals surface area contributed by atoms with Crippen molar-refractivity contribution in [1.82, 2.24) is 4.98 Å². The Morgan fingerprint density at radius 3 is 2.55 bits per heavy atom. The van der Waals surface area contributed by atoms with Crippen LogP contribution in [-0.2, 0) is 9.59 Å². The molecule has 2 aromatic carbocycles. The standard InChI is InChI=1S/C25H20Cl2N2O4/c1-13-6-7-14(2)19(9-13)29-21(15-5-4-8-28-12-15)20(23(31)25(29)32)22(30)17-10-16(26)11-18(27)24(17)33-3/h4-12,21,30H,1-3H3/b22-20+. The van der Waals surface area contributed by atoms with E-state index in [0.717, 1.165) is 11.1 Å². The molecular formula is C25H20Cl2N2O4. The Bertz CT molecular complexity index is 1310. The maximum atomic E-state index is 13.3. The largest absolute Gasteiger partial charge is 0.507 e. The summed E-state index contributed by atoms with van der Waals surface area (Å²) in [6.45, 7) is 3.76. The number of ketones is 1. The topological polar surface area (TPSA) is 79.7 Å². The molecule has 2 heterocycles. The summed E-state index contributed by atoms with van der Waals surface area (Å²) in [6.07, 6.45) is 3.15. The number of carbonyl (C=O) groups is 2. The van der Waals surface area contributed by atoms with Gasteiger partial charge in [0.15, 0.2) is 0 Å². The number of aliphatic hydroxyl groups excluding tert-OH is 1. The molecule has 1 aliphatic rings. The predicted molar refractivity (Wildman–Crippen MR) is 128 cm³/mol. The van der Waals surface area contributed by atoms with Crippen LogP contribution in [-0.4, -0.2) is 28.9 Å². The van der Waals surface area contributed by atoms with Gasteiger partial charge in [0.05, 0.1) is 29.3 Å². The summed E-state index contributed by atoms with van der Waals surface area (Å²) in [4.78, 5) is 32.2. The third kappa shape index (κ3) is 3.96. The number of pyridine rings is 1. The Morgan fingerprint density at radius 1 is 1.12 bits per heavy atom. The molecule has 3 aromatic rings. The number of benzene rings is 2. The second kappa shape index (κ2) is 8.89. The number of amides is 1. The lowest BCUT2D eigenvalue weighted by Crippen LogP contribution is -2.30. The van der Waals surface area contributed by atoms with E-state index in [1.54, 1.807) is 24.5 Å². The number of hydrogen-bond acceptors (Lipinski definition) is 5. The molecule has 1 fully saturated rings. The number of aliphatic hydroxyl groups is 1. The molecule has 1 aromatic heterocycles. The molecule has 1 atom stereocenters. The van der Waals surface area contributed by atoms with Crippen molar-refractivity contribution in [2.75, 3.05) is 12.0 Å². The molecule has 1 aliphatic heterocycles. The van der Waals surface area contributed by atoms with Gasteiger partial charge in [-0.3, -0.25) is 19.5 Å². The van der Waals surface area contributed by atoms with Crippen LogP contribution in [0.15, 0.2) is 60.4 Å². The summed E-state index contributed by atoms with van der Waals surface area (Å²) < 4.78 is 5.35. The molecule has 0 radical (unpaired) electrons. The van der Waals surface area contributed by atoms with Gasteiger partial charge in [-0.2, -0.15) is 0 Å². The minimum Gasteiger partial charge on any atom is -0.507 e. The van der Waals surface area contributed by atoms with Crippen LogP contribution in [0.2, 0.25) is 10.0 Å². The number of aromatic nitrogens is 1. The molecule has 1 saturated heterocycles. The third-order valence-corrected chi connectivity index (χ3v) is 6.04. The molecule has 0 saturated carbocycles. The van der Waals surface area contributed by atoms with Crippen LogP contribution in [0.25, 0.3) is 5.76 Å². The number of aryl methyl sites for hydroxylation is 2. The number of carbonyl (C=O) groups excluding carboxylic acids is 2. The summed E-state index contributed by atoms with van der Waals surface area (Å²) in [5, 5.41) is 11.8. The monoisotopic (exact) mass is 482 g/mol. The summed E-state index contributed by atoms with van der Waals surface area (Å²) in [6, 6.07) is 11.1. The Kier molecular flexibility index (Phi) is 6.15. The molecule has 0 spiro atoms. The van der Waals surface area contributed by atoms with Crippen molar-refractivity contribution < 1.29 is 19.4 Å². The van der Waals surface area contributed by atoms with Gasteiger partial charge in [-0.15, -0.1) is 0 Å².